The minimum atomic E-state index is -0.585. The van der Waals surface area contributed by atoms with Gasteiger partial charge in [0.15, 0.2) is 0 Å². The summed E-state index contributed by atoms with van der Waals surface area (Å²) < 4.78 is 5.45. The molecule has 2 aromatic rings. The van der Waals surface area contributed by atoms with E-state index in [4.69, 9.17) is 22.1 Å². The third kappa shape index (κ3) is 3.58. The number of primary amides is 1. The highest BCUT2D eigenvalue weighted by Gasteiger charge is 2.11. The van der Waals surface area contributed by atoms with Gasteiger partial charge in [-0.15, -0.1) is 0 Å². The number of hydrogen-bond acceptors (Lipinski definition) is 3. The van der Waals surface area contributed by atoms with Gasteiger partial charge in [0, 0.05) is 18.1 Å². The minimum Gasteiger partial charge on any atom is -0.493 e. The van der Waals surface area contributed by atoms with E-state index in [0.717, 1.165) is 23.3 Å². The van der Waals surface area contributed by atoms with Gasteiger partial charge in [0.2, 0.25) is 11.8 Å². The molecule has 0 saturated carbocycles. The van der Waals surface area contributed by atoms with Gasteiger partial charge in [-0.05, 0) is 47.5 Å². The fourth-order valence-corrected chi connectivity index (χ4v) is 2.60. The Kier molecular flexibility index (Phi) is 4.53. The number of rotatable bonds is 4. The summed E-state index contributed by atoms with van der Waals surface area (Å²) in [6.07, 6.45) is 3.99. The van der Waals surface area contributed by atoms with Crippen LogP contribution in [0.25, 0.3) is 6.08 Å². The summed E-state index contributed by atoms with van der Waals surface area (Å²) in [5, 5.41) is 2.97. The van der Waals surface area contributed by atoms with Crippen molar-refractivity contribution in [2.24, 2.45) is 5.73 Å². The molecule has 0 fully saturated rings. The summed E-state index contributed by atoms with van der Waals surface area (Å²) in [6, 6.07) is 10.2. The van der Waals surface area contributed by atoms with Crippen LogP contribution in [-0.4, -0.2) is 18.4 Å². The van der Waals surface area contributed by atoms with Crippen molar-refractivity contribution in [3.05, 3.63) is 64.2 Å². The maximum absolute atomic E-state index is 12.1. The molecule has 0 bridgehead atoms. The fourth-order valence-electron chi connectivity index (χ4n) is 2.43. The van der Waals surface area contributed by atoms with Crippen molar-refractivity contribution < 1.29 is 14.3 Å². The highest BCUT2D eigenvalue weighted by Crippen LogP contribution is 2.26. The average molecular weight is 343 g/mol. The number of benzene rings is 2. The SMILES string of the molecule is NC(=O)c1ccc(Cl)c(NC(=O)C=Cc2ccc3c(c2)CCO3)c1. The second-order valence-corrected chi connectivity index (χ2v) is 5.75. The second kappa shape index (κ2) is 6.76. The van der Waals surface area contributed by atoms with Crippen molar-refractivity contribution in [2.75, 3.05) is 11.9 Å². The molecule has 0 spiro atoms. The maximum Gasteiger partial charge on any atom is 0.248 e. The van der Waals surface area contributed by atoms with Gasteiger partial charge < -0.3 is 15.8 Å². The molecule has 5 nitrogen and oxygen atoms in total. The summed E-state index contributed by atoms with van der Waals surface area (Å²) in [5.74, 6) is -0.0417. The molecule has 6 heteroatoms. The van der Waals surface area contributed by atoms with Crippen LogP contribution in [0.2, 0.25) is 5.02 Å². The van der Waals surface area contributed by atoms with Crippen LogP contribution in [-0.2, 0) is 11.2 Å². The highest BCUT2D eigenvalue weighted by molar-refractivity contribution is 6.34. The predicted octanol–water partition coefficient (Wildman–Crippen LogP) is 3.03. The van der Waals surface area contributed by atoms with Crippen molar-refractivity contribution in [1.82, 2.24) is 0 Å². The lowest BCUT2D eigenvalue weighted by atomic mass is 10.1. The van der Waals surface area contributed by atoms with E-state index >= 15 is 0 Å². The number of amides is 2. The van der Waals surface area contributed by atoms with E-state index in [9.17, 15) is 9.59 Å². The molecule has 1 aliphatic rings. The first kappa shape index (κ1) is 16.1. The Balaban J connectivity index is 1.71. The highest BCUT2D eigenvalue weighted by atomic mass is 35.5. The Labute approximate surface area is 144 Å². The molecule has 1 aliphatic heterocycles. The van der Waals surface area contributed by atoms with Gasteiger partial charge in [0.05, 0.1) is 17.3 Å². The summed E-state index contributed by atoms with van der Waals surface area (Å²) in [7, 11) is 0. The van der Waals surface area contributed by atoms with Gasteiger partial charge >= 0.3 is 0 Å². The number of halogens is 1. The van der Waals surface area contributed by atoms with Crippen LogP contribution in [0.4, 0.5) is 5.69 Å². The Morgan fingerprint density at radius 2 is 2.04 bits per heavy atom. The molecule has 3 rings (SSSR count). The Morgan fingerprint density at radius 1 is 1.21 bits per heavy atom. The molecular weight excluding hydrogens is 328 g/mol. The quantitative estimate of drug-likeness (QED) is 0.838. The predicted molar refractivity (Wildman–Crippen MR) is 93.3 cm³/mol. The molecule has 0 radical (unpaired) electrons. The van der Waals surface area contributed by atoms with Gasteiger partial charge in [0.25, 0.3) is 0 Å². The lowest BCUT2D eigenvalue weighted by molar-refractivity contribution is -0.111. The first-order valence-corrected chi connectivity index (χ1v) is 7.75. The zero-order valence-electron chi connectivity index (χ0n) is 12.7. The molecule has 2 aromatic carbocycles. The Bertz CT molecular complexity index is 846. The molecule has 3 N–H and O–H groups in total. The number of nitrogens with one attached hydrogen (secondary N) is 1. The third-order valence-corrected chi connectivity index (χ3v) is 3.98. The van der Waals surface area contributed by atoms with Crippen LogP contribution in [0.3, 0.4) is 0 Å². The second-order valence-electron chi connectivity index (χ2n) is 5.35. The van der Waals surface area contributed by atoms with Crippen molar-refractivity contribution >= 4 is 35.2 Å². The van der Waals surface area contributed by atoms with E-state index < -0.39 is 5.91 Å². The molecule has 0 aliphatic carbocycles. The lowest BCUT2D eigenvalue weighted by Gasteiger charge is -2.06. The normalized spacial score (nSPS) is 12.7. The van der Waals surface area contributed by atoms with E-state index in [-0.39, 0.29) is 11.5 Å². The molecular formula is C18H15ClN2O3. The van der Waals surface area contributed by atoms with E-state index in [0.29, 0.717) is 17.3 Å². The maximum atomic E-state index is 12.1. The molecule has 2 amide bonds. The van der Waals surface area contributed by atoms with E-state index in [1.54, 1.807) is 6.08 Å². The average Bonchev–Trinajstić information content (AvgIpc) is 3.02. The monoisotopic (exact) mass is 342 g/mol. The summed E-state index contributed by atoms with van der Waals surface area (Å²) in [5.41, 5.74) is 7.88. The molecule has 0 aromatic heterocycles. The van der Waals surface area contributed by atoms with Crippen LogP contribution < -0.4 is 15.8 Å². The van der Waals surface area contributed by atoms with Gasteiger partial charge in [-0.1, -0.05) is 17.7 Å². The summed E-state index contributed by atoms with van der Waals surface area (Å²) >= 11 is 6.02. The number of nitrogens with two attached hydrogens (primary N) is 1. The number of carbonyl (C=O) groups excluding carboxylic acids is 2. The Hall–Kier alpha value is -2.79. The van der Waals surface area contributed by atoms with Crippen molar-refractivity contribution in [1.29, 1.82) is 0 Å². The van der Waals surface area contributed by atoms with Gasteiger partial charge in [0.1, 0.15) is 5.75 Å². The largest absolute Gasteiger partial charge is 0.493 e. The minimum absolute atomic E-state index is 0.275. The van der Waals surface area contributed by atoms with E-state index in [1.165, 1.54) is 24.3 Å². The smallest absolute Gasteiger partial charge is 0.248 e. The van der Waals surface area contributed by atoms with Crippen molar-refractivity contribution in [3.63, 3.8) is 0 Å². The van der Waals surface area contributed by atoms with E-state index in [1.807, 2.05) is 18.2 Å². The summed E-state index contributed by atoms with van der Waals surface area (Å²) in [6.45, 7) is 0.692. The number of ether oxygens (including phenoxy) is 1. The van der Waals surface area contributed by atoms with Crippen LogP contribution in [0.1, 0.15) is 21.5 Å². The van der Waals surface area contributed by atoms with Crippen LogP contribution in [0, 0.1) is 0 Å². The van der Waals surface area contributed by atoms with Gasteiger partial charge in [-0.2, -0.15) is 0 Å². The summed E-state index contributed by atoms with van der Waals surface area (Å²) in [4.78, 5) is 23.3. The van der Waals surface area contributed by atoms with Crippen molar-refractivity contribution in [2.45, 2.75) is 6.42 Å². The molecule has 0 atom stereocenters. The van der Waals surface area contributed by atoms with Crippen LogP contribution >= 0.6 is 11.6 Å². The number of anilines is 1. The lowest BCUT2D eigenvalue weighted by Crippen LogP contribution is -2.13. The van der Waals surface area contributed by atoms with Gasteiger partial charge in [-0.3, -0.25) is 9.59 Å². The fraction of sp³-hybridized carbons (Fsp3) is 0.111. The number of hydrogen-bond donors (Lipinski definition) is 2. The molecule has 24 heavy (non-hydrogen) atoms. The molecule has 122 valence electrons. The standard InChI is InChI=1S/C18H15ClN2O3/c19-14-4-3-13(18(20)23)10-15(14)21-17(22)6-2-11-1-5-16-12(9-11)7-8-24-16/h1-6,9-10H,7-8H2,(H2,20,23)(H,21,22). The molecule has 0 saturated heterocycles. The van der Waals surface area contributed by atoms with Crippen LogP contribution in [0.15, 0.2) is 42.5 Å². The van der Waals surface area contributed by atoms with Crippen LogP contribution in [0.5, 0.6) is 5.75 Å². The first-order chi connectivity index (χ1) is 11.5. The molecule has 1 heterocycles. The Morgan fingerprint density at radius 3 is 2.83 bits per heavy atom. The number of fused-ring (bicyclic) bond motifs is 1. The molecule has 0 unspecified atom stereocenters. The first-order valence-electron chi connectivity index (χ1n) is 7.37. The zero-order chi connectivity index (χ0) is 17.1. The zero-order valence-corrected chi connectivity index (χ0v) is 13.5. The van der Waals surface area contributed by atoms with Crippen molar-refractivity contribution in [3.8, 4) is 5.75 Å². The third-order valence-electron chi connectivity index (χ3n) is 3.65. The van der Waals surface area contributed by atoms with Gasteiger partial charge in [-0.25, -0.2) is 0 Å². The number of carbonyl (C=O) groups is 2. The van der Waals surface area contributed by atoms with E-state index in [2.05, 4.69) is 5.32 Å². The topological polar surface area (TPSA) is 81.4 Å².